The lowest BCUT2D eigenvalue weighted by Crippen LogP contribution is -2.49. The van der Waals surface area contributed by atoms with E-state index < -0.39 is 0 Å². The zero-order valence-corrected chi connectivity index (χ0v) is 18.1. The van der Waals surface area contributed by atoms with Gasteiger partial charge < -0.3 is 19.4 Å². The summed E-state index contributed by atoms with van der Waals surface area (Å²) < 4.78 is 5.42. The van der Waals surface area contributed by atoms with Gasteiger partial charge in [-0.2, -0.15) is 4.98 Å². The lowest BCUT2D eigenvalue weighted by molar-refractivity contribution is 0.0746. The Morgan fingerprint density at radius 3 is 2.39 bits per heavy atom. The lowest BCUT2D eigenvalue weighted by Gasteiger charge is -2.36. The number of carbonyl (C=O) groups excluding carboxylic acids is 1. The Labute approximate surface area is 185 Å². The minimum Gasteiger partial charge on any atom is -0.378 e. The third-order valence-electron chi connectivity index (χ3n) is 5.75. The number of carbonyl (C=O) groups is 1. The third-order valence-corrected chi connectivity index (χ3v) is 6.67. The highest BCUT2D eigenvalue weighted by molar-refractivity contribution is 7.13. The second kappa shape index (κ2) is 9.03. The van der Waals surface area contributed by atoms with Crippen molar-refractivity contribution in [1.29, 1.82) is 0 Å². The number of ether oxygens (including phenoxy) is 1. The van der Waals surface area contributed by atoms with Gasteiger partial charge in [0.25, 0.3) is 5.91 Å². The van der Waals surface area contributed by atoms with E-state index in [0.29, 0.717) is 26.3 Å². The second-order valence-corrected chi connectivity index (χ2v) is 8.60. The number of piperazine rings is 1. The Morgan fingerprint density at radius 1 is 0.903 bits per heavy atom. The lowest BCUT2D eigenvalue weighted by atomic mass is 10.1. The molecule has 5 rings (SSSR count). The molecule has 2 aliphatic rings. The smallest absolute Gasteiger partial charge is 0.253 e. The zero-order valence-electron chi connectivity index (χ0n) is 17.3. The Hall–Kier alpha value is -2.97. The fraction of sp³-hybridized carbons (Fsp3) is 0.348. The number of morpholine rings is 1. The van der Waals surface area contributed by atoms with Crippen molar-refractivity contribution < 1.29 is 9.53 Å². The number of nitrogens with zero attached hydrogens (tertiary/aromatic N) is 5. The molecule has 7 nitrogen and oxygen atoms in total. The number of benzene rings is 1. The predicted molar refractivity (Wildman–Crippen MR) is 123 cm³/mol. The number of aromatic nitrogens is 2. The van der Waals surface area contributed by atoms with E-state index in [1.54, 1.807) is 11.3 Å². The van der Waals surface area contributed by atoms with Crippen LogP contribution in [0.25, 0.3) is 10.4 Å². The fourth-order valence-corrected chi connectivity index (χ4v) is 4.71. The fourth-order valence-electron chi connectivity index (χ4n) is 3.97. The number of anilines is 2. The molecule has 2 fully saturated rings. The molecule has 0 unspecified atom stereocenters. The van der Waals surface area contributed by atoms with Gasteiger partial charge in [0.15, 0.2) is 0 Å². The molecule has 1 aromatic carbocycles. The van der Waals surface area contributed by atoms with Crippen molar-refractivity contribution in [3.63, 3.8) is 0 Å². The average Bonchev–Trinajstić information content (AvgIpc) is 3.40. The summed E-state index contributed by atoms with van der Waals surface area (Å²) in [6.45, 7) is 5.95. The molecule has 160 valence electrons. The van der Waals surface area contributed by atoms with E-state index >= 15 is 0 Å². The minimum atomic E-state index is 0.0917. The topological polar surface area (TPSA) is 61.8 Å². The van der Waals surface area contributed by atoms with Gasteiger partial charge in [0.1, 0.15) is 5.82 Å². The molecule has 0 spiro atoms. The molecular weight excluding hydrogens is 410 g/mol. The molecule has 4 heterocycles. The zero-order chi connectivity index (χ0) is 21.0. The summed E-state index contributed by atoms with van der Waals surface area (Å²) in [7, 11) is 0. The van der Waals surface area contributed by atoms with Crippen molar-refractivity contribution in [2.75, 3.05) is 62.3 Å². The maximum atomic E-state index is 13.0. The number of hydrogen-bond acceptors (Lipinski definition) is 7. The van der Waals surface area contributed by atoms with Gasteiger partial charge in [-0.05, 0) is 35.2 Å². The van der Waals surface area contributed by atoms with Crippen molar-refractivity contribution >= 4 is 29.0 Å². The molecule has 2 aliphatic heterocycles. The van der Waals surface area contributed by atoms with E-state index in [4.69, 9.17) is 9.72 Å². The minimum absolute atomic E-state index is 0.0917. The van der Waals surface area contributed by atoms with Crippen LogP contribution in [-0.2, 0) is 4.74 Å². The van der Waals surface area contributed by atoms with Crippen LogP contribution in [0.2, 0.25) is 0 Å². The molecule has 0 saturated carbocycles. The Balaban J connectivity index is 1.21. The van der Waals surface area contributed by atoms with Gasteiger partial charge >= 0.3 is 0 Å². The molecule has 1 amide bonds. The largest absolute Gasteiger partial charge is 0.378 e. The monoisotopic (exact) mass is 435 g/mol. The van der Waals surface area contributed by atoms with E-state index in [2.05, 4.69) is 26.2 Å². The van der Waals surface area contributed by atoms with Crippen LogP contribution in [0.4, 0.5) is 11.8 Å². The molecule has 8 heteroatoms. The molecule has 0 radical (unpaired) electrons. The Morgan fingerprint density at radius 2 is 1.68 bits per heavy atom. The van der Waals surface area contributed by atoms with E-state index in [9.17, 15) is 4.79 Å². The first kappa shape index (κ1) is 20.0. The molecule has 2 aromatic heterocycles. The number of thiophene rings is 1. The van der Waals surface area contributed by atoms with E-state index in [1.165, 1.54) is 4.88 Å². The second-order valence-electron chi connectivity index (χ2n) is 7.65. The summed E-state index contributed by atoms with van der Waals surface area (Å²) in [4.78, 5) is 29.7. The van der Waals surface area contributed by atoms with E-state index in [0.717, 1.165) is 49.1 Å². The van der Waals surface area contributed by atoms with Gasteiger partial charge in [-0.25, -0.2) is 4.98 Å². The number of hydrogen-bond donors (Lipinski definition) is 0. The highest BCUT2D eigenvalue weighted by atomic mass is 32.1. The van der Waals surface area contributed by atoms with Crippen LogP contribution in [0.1, 0.15) is 10.4 Å². The molecule has 0 bridgehead atoms. The summed E-state index contributed by atoms with van der Waals surface area (Å²) in [5.41, 5.74) is 1.89. The Kier molecular flexibility index (Phi) is 5.82. The highest BCUT2D eigenvalue weighted by Crippen LogP contribution is 2.25. The maximum Gasteiger partial charge on any atom is 0.253 e. The number of amides is 1. The van der Waals surface area contributed by atoms with Crippen molar-refractivity contribution in [3.8, 4) is 10.4 Å². The first-order valence-electron chi connectivity index (χ1n) is 10.6. The van der Waals surface area contributed by atoms with E-state index in [-0.39, 0.29) is 5.91 Å². The van der Waals surface area contributed by atoms with Crippen molar-refractivity contribution in [2.45, 2.75) is 0 Å². The van der Waals surface area contributed by atoms with Gasteiger partial charge in [-0.3, -0.25) is 4.79 Å². The summed E-state index contributed by atoms with van der Waals surface area (Å²) >= 11 is 1.71. The molecule has 31 heavy (non-hydrogen) atoms. The summed E-state index contributed by atoms with van der Waals surface area (Å²) in [6, 6.07) is 14.0. The third kappa shape index (κ3) is 4.40. The quantitative estimate of drug-likeness (QED) is 0.628. The number of rotatable bonds is 4. The van der Waals surface area contributed by atoms with Crippen molar-refractivity contribution in [1.82, 2.24) is 14.9 Å². The van der Waals surface area contributed by atoms with Crippen LogP contribution in [0, 0.1) is 0 Å². The molecule has 3 aromatic rings. The van der Waals surface area contributed by atoms with Crippen LogP contribution < -0.4 is 9.80 Å². The predicted octanol–water partition coefficient (Wildman–Crippen LogP) is 3.00. The normalized spacial score (nSPS) is 17.1. The average molecular weight is 436 g/mol. The van der Waals surface area contributed by atoms with Gasteiger partial charge in [0.05, 0.1) is 13.2 Å². The first-order chi connectivity index (χ1) is 15.3. The molecular formula is C23H25N5O2S. The van der Waals surface area contributed by atoms with Crippen molar-refractivity contribution in [2.24, 2.45) is 0 Å². The van der Waals surface area contributed by atoms with Crippen LogP contribution in [0.5, 0.6) is 0 Å². The van der Waals surface area contributed by atoms with Crippen LogP contribution in [0.3, 0.4) is 0 Å². The first-order valence-corrected chi connectivity index (χ1v) is 11.5. The van der Waals surface area contributed by atoms with Gasteiger partial charge in [0.2, 0.25) is 5.95 Å². The Bertz CT molecular complexity index is 1010. The van der Waals surface area contributed by atoms with Gasteiger partial charge in [-0.15, -0.1) is 11.3 Å². The molecule has 2 saturated heterocycles. The van der Waals surface area contributed by atoms with Crippen LogP contribution >= 0.6 is 11.3 Å². The molecule has 0 atom stereocenters. The summed E-state index contributed by atoms with van der Waals surface area (Å²) in [6.07, 6.45) is 1.82. The van der Waals surface area contributed by atoms with Gasteiger partial charge in [0, 0.05) is 55.9 Å². The molecule has 0 aliphatic carbocycles. The molecule has 0 N–H and O–H groups in total. The van der Waals surface area contributed by atoms with Crippen LogP contribution in [0.15, 0.2) is 54.0 Å². The summed E-state index contributed by atoms with van der Waals surface area (Å²) in [5, 5.41) is 2.06. The SMILES string of the molecule is O=C(c1ccc(-c2cccs2)cc1)N1CCN(c2ccnc(N3CCOCC3)n2)CC1. The highest BCUT2D eigenvalue weighted by Gasteiger charge is 2.24. The van der Waals surface area contributed by atoms with E-state index in [1.807, 2.05) is 47.5 Å². The summed E-state index contributed by atoms with van der Waals surface area (Å²) in [5.74, 6) is 1.77. The standard InChI is InChI=1S/C23H25N5O2S/c29-22(19-5-3-18(4-6-19)20-2-1-17-31-20)27-11-9-26(10-12-27)21-7-8-24-23(25-21)28-13-15-30-16-14-28/h1-8,17H,9-16H2. The van der Waals surface area contributed by atoms with Crippen molar-refractivity contribution in [3.05, 3.63) is 59.6 Å². The maximum absolute atomic E-state index is 13.0. The van der Waals surface area contributed by atoms with Gasteiger partial charge in [-0.1, -0.05) is 18.2 Å². The van der Waals surface area contributed by atoms with Crippen LogP contribution in [-0.4, -0.2) is 73.3 Å².